The van der Waals surface area contributed by atoms with Crippen LogP contribution in [0.3, 0.4) is 0 Å². The molecule has 0 aromatic heterocycles. The number of alkyl halides is 1. The summed E-state index contributed by atoms with van der Waals surface area (Å²) in [4.78, 5) is 0. The Morgan fingerprint density at radius 3 is 2.18 bits per heavy atom. The molecule has 0 aromatic rings. The second-order valence-corrected chi connectivity index (χ2v) is 4.03. The van der Waals surface area contributed by atoms with E-state index in [4.69, 9.17) is 0 Å². The maximum Gasteiger partial charge on any atom is 0.00491 e. The van der Waals surface area contributed by atoms with Crippen molar-refractivity contribution in [2.45, 2.75) is 52.1 Å². The van der Waals surface area contributed by atoms with Crippen LogP contribution >= 0.6 is 15.9 Å². The molecule has 2 unspecified atom stereocenters. The Kier molecular flexibility index (Phi) is 7.39. The van der Waals surface area contributed by atoms with Crippen molar-refractivity contribution in [2.75, 3.05) is 5.33 Å². The molecule has 0 fully saturated rings. The van der Waals surface area contributed by atoms with E-state index in [9.17, 15) is 0 Å². The molecule has 1 N–H and O–H groups in total. The summed E-state index contributed by atoms with van der Waals surface area (Å²) in [6.45, 7) is 6.73. The first-order chi connectivity index (χ1) is 5.20. The van der Waals surface area contributed by atoms with Gasteiger partial charge in [0.05, 0.1) is 0 Å². The minimum Gasteiger partial charge on any atom is -0.312 e. The van der Waals surface area contributed by atoms with Crippen LogP contribution in [0.4, 0.5) is 0 Å². The summed E-state index contributed by atoms with van der Waals surface area (Å²) < 4.78 is 0. The molecule has 0 rings (SSSR count). The van der Waals surface area contributed by atoms with Crippen molar-refractivity contribution in [1.82, 2.24) is 5.32 Å². The fraction of sp³-hybridized carbons (Fsp3) is 1.00. The van der Waals surface area contributed by atoms with Gasteiger partial charge in [-0.25, -0.2) is 0 Å². The Labute approximate surface area is 79.1 Å². The molecule has 0 aliphatic rings. The fourth-order valence-corrected chi connectivity index (χ4v) is 1.94. The van der Waals surface area contributed by atoms with Crippen molar-refractivity contribution >= 4 is 15.9 Å². The first-order valence-electron chi connectivity index (χ1n) is 4.52. The third kappa shape index (κ3) is 6.82. The zero-order valence-electron chi connectivity index (χ0n) is 7.86. The molecule has 0 heterocycles. The smallest absolute Gasteiger partial charge is 0.00491 e. The molecule has 0 aromatic carbocycles. The van der Waals surface area contributed by atoms with E-state index in [1.807, 2.05) is 0 Å². The Hall–Kier alpha value is 0.440. The molecule has 0 radical (unpaired) electrons. The number of rotatable bonds is 6. The van der Waals surface area contributed by atoms with Gasteiger partial charge in [0.25, 0.3) is 0 Å². The van der Waals surface area contributed by atoms with Crippen LogP contribution in [0, 0.1) is 0 Å². The number of halogens is 1. The first kappa shape index (κ1) is 11.4. The van der Waals surface area contributed by atoms with E-state index in [0.29, 0.717) is 12.1 Å². The summed E-state index contributed by atoms with van der Waals surface area (Å²) in [5.74, 6) is 0. The molecule has 1 nitrogen and oxygen atoms in total. The van der Waals surface area contributed by atoms with Gasteiger partial charge in [-0.1, -0.05) is 29.3 Å². The standard InChI is InChI=1S/C9H20BrN/c1-4-5-8(2)11-9(3)6-7-10/h8-9,11H,4-7H2,1-3H3. The normalized spacial score (nSPS) is 16.4. The van der Waals surface area contributed by atoms with Gasteiger partial charge in [0.2, 0.25) is 0 Å². The Morgan fingerprint density at radius 1 is 1.18 bits per heavy atom. The van der Waals surface area contributed by atoms with Gasteiger partial charge in [-0.2, -0.15) is 0 Å². The SMILES string of the molecule is CCCC(C)NC(C)CCBr. The lowest BCUT2D eigenvalue weighted by Gasteiger charge is -2.18. The van der Waals surface area contributed by atoms with Crippen molar-refractivity contribution < 1.29 is 0 Å². The van der Waals surface area contributed by atoms with E-state index in [1.165, 1.54) is 19.3 Å². The van der Waals surface area contributed by atoms with Gasteiger partial charge in [-0.15, -0.1) is 0 Å². The lowest BCUT2D eigenvalue weighted by atomic mass is 10.1. The molecule has 0 aliphatic carbocycles. The monoisotopic (exact) mass is 221 g/mol. The van der Waals surface area contributed by atoms with E-state index in [1.54, 1.807) is 0 Å². The van der Waals surface area contributed by atoms with E-state index in [-0.39, 0.29) is 0 Å². The van der Waals surface area contributed by atoms with E-state index in [0.717, 1.165) is 5.33 Å². The predicted octanol–water partition coefficient (Wildman–Crippen LogP) is 2.94. The number of hydrogen-bond acceptors (Lipinski definition) is 1. The summed E-state index contributed by atoms with van der Waals surface area (Å²) in [5.41, 5.74) is 0. The van der Waals surface area contributed by atoms with Gasteiger partial charge in [-0.3, -0.25) is 0 Å². The topological polar surface area (TPSA) is 12.0 Å². The quantitative estimate of drug-likeness (QED) is 0.681. The largest absolute Gasteiger partial charge is 0.312 e. The van der Waals surface area contributed by atoms with Gasteiger partial charge >= 0.3 is 0 Å². The number of hydrogen-bond donors (Lipinski definition) is 1. The third-order valence-corrected chi connectivity index (χ3v) is 2.29. The average Bonchev–Trinajstić information content (AvgIpc) is 1.87. The highest BCUT2D eigenvalue weighted by atomic mass is 79.9. The van der Waals surface area contributed by atoms with Crippen molar-refractivity contribution in [1.29, 1.82) is 0 Å². The second kappa shape index (κ2) is 7.11. The van der Waals surface area contributed by atoms with Gasteiger partial charge in [-0.05, 0) is 26.7 Å². The molecule has 68 valence electrons. The lowest BCUT2D eigenvalue weighted by molar-refractivity contribution is 0.437. The minimum atomic E-state index is 0.649. The highest BCUT2D eigenvalue weighted by Gasteiger charge is 2.04. The van der Waals surface area contributed by atoms with Crippen molar-refractivity contribution in [3.05, 3.63) is 0 Å². The van der Waals surface area contributed by atoms with E-state index in [2.05, 4.69) is 42.0 Å². The molecule has 0 amide bonds. The van der Waals surface area contributed by atoms with Crippen molar-refractivity contribution in [3.8, 4) is 0 Å². The summed E-state index contributed by atoms with van der Waals surface area (Å²) in [5, 5.41) is 4.65. The van der Waals surface area contributed by atoms with E-state index < -0.39 is 0 Å². The van der Waals surface area contributed by atoms with Crippen molar-refractivity contribution in [2.24, 2.45) is 0 Å². The molecule has 0 saturated heterocycles. The first-order valence-corrected chi connectivity index (χ1v) is 5.64. The second-order valence-electron chi connectivity index (χ2n) is 3.24. The fourth-order valence-electron chi connectivity index (χ4n) is 1.25. The predicted molar refractivity (Wildman–Crippen MR) is 55.4 cm³/mol. The van der Waals surface area contributed by atoms with Crippen LogP contribution in [0.1, 0.15) is 40.0 Å². The van der Waals surface area contributed by atoms with Crippen LogP contribution in [0.25, 0.3) is 0 Å². The molecule has 11 heavy (non-hydrogen) atoms. The third-order valence-electron chi connectivity index (χ3n) is 1.83. The molecule has 0 aliphatic heterocycles. The maximum absolute atomic E-state index is 3.55. The molecule has 0 spiro atoms. The van der Waals surface area contributed by atoms with Gasteiger partial charge < -0.3 is 5.32 Å². The van der Waals surface area contributed by atoms with Crippen LogP contribution in [-0.2, 0) is 0 Å². The average molecular weight is 222 g/mol. The molecular formula is C9H20BrN. The van der Waals surface area contributed by atoms with Gasteiger partial charge in [0, 0.05) is 17.4 Å². The van der Waals surface area contributed by atoms with Crippen LogP contribution in [0.15, 0.2) is 0 Å². The molecule has 0 bridgehead atoms. The molecule has 2 atom stereocenters. The highest BCUT2D eigenvalue weighted by Crippen LogP contribution is 2.00. The van der Waals surface area contributed by atoms with Crippen LogP contribution in [0.5, 0.6) is 0 Å². The Bertz CT molecular complexity index is 75.6. The van der Waals surface area contributed by atoms with Crippen LogP contribution in [-0.4, -0.2) is 17.4 Å². The van der Waals surface area contributed by atoms with Crippen LogP contribution < -0.4 is 5.32 Å². The van der Waals surface area contributed by atoms with Gasteiger partial charge in [0.15, 0.2) is 0 Å². The van der Waals surface area contributed by atoms with Crippen LogP contribution in [0.2, 0.25) is 0 Å². The number of nitrogens with one attached hydrogen (secondary N) is 1. The lowest BCUT2D eigenvalue weighted by Crippen LogP contribution is -2.34. The van der Waals surface area contributed by atoms with Gasteiger partial charge in [0.1, 0.15) is 0 Å². The Balaban J connectivity index is 3.32. The summed E-state index contributed by atoms with van der Waals surface area (Å²) in [6, 6.07) is 1.32. The minimum absolute atomic E-state index is 0.649. The summed E-state index contributed by atoms with van der Waals surface area (Å²) in [7, 11) is 0. The summed E-state index contributed by atoms with van der Waals surface area (Å²) >= 11 is 3.44. The highest BCUT2D eigenvalue weighted by molar-refractivity contribution is 9.09. The zero-order chi connectivity index (χ0) is 8.69. The molecular weight excluding hydrogens is 202 g/mol. The molecule has 2 heteroatoms. The molecule has 0 saturated carbocycles. The maximum atomic E-state index is 3.55. The van der Waals surface area contributed by atoms with Crippen molar-refractivity contribution in [3.63, 3.8) is 0 Å². The summed E-state index contributed by atoms with van der Waals surface area (Å²) in [6.07, 6.45) is 3.77. The Morgan fingerprint density at radius 2 is 1.73 bits per heavy atom. The zero-order valence-corrected chi connectivity index (χ0v) is 9.45. The van der Waals surface area contributed by atoms with E-state index >= 15 is 0 Å².